The Bertz CT molecular complexity index is 1250. The first kappa shape index (κ1) is 20.6. The van der Waals surface area contributed by atoms with Crippen molar-refractivity contribution in [3.05, 3.63) is 77.0 Å². The minimum atomic E-state index is -0.0708. The van der Waals surface area contributed by atoms with Crippen molar-refractivity contribution in [2.24, 2.45) is 0 Å². The predicted molar refractivity (Wildman–Crippen MR) is 126 cm³/mol. The Morgan fingerprint density at radius 3 is 2.69 bits per heavy atom. The minimum absolute atomic E-state index is 0.0708. The lowest BCUT2D eigenvalue weighted by Crippen LogP contribution is -2.43. The smallest absolute Gasteiger partial charge is 0.251 e. The number of amides is 1. The second-order valence-corrected chi connectivity index (χ2v) is 8.73. The molecule has 0 atom stereocenters. The van der Waals surface area contributed by atoms with Crippen molar-refractivity contribution in [3.63, 3.8) is 0 Å². The van der Waals surface area contributed by atoms with Crippen molar-refractivity contribution in [1.82, 2.24) is 25.3 Å². The van der Waals surface area contributed by atoms with Gasteiger partial charge in [-0.1, -0.05) is 31.0 Å². The summed E-state index contributed by atoms with van der Waals surface area (Å²) in [5, 5.41) is 4.81. The number of H-pyrrole nitrogens is 1. The van der Waals surface area contributed by atoms with E-state index in [4.69, 9.17) is 21.6 Å². The van der Waals surface area contributed by atoms with Gasteiger partial charge in [0.2, 0.25) is 0 Å². The summed E-state index contributed by atoms with van der Waals surface area (Å²) >= 11 is 6.04. The molecule has 0 aliphatic heterocycles. The van der Waals surface area contributed by atoms with Crippen LogP contribution >= 0.6 is 11.6 Å². The van der Waals surface area contributed by atoms with Gasteiger partial charge in [-0.05, 0) is 55.7 Å². The SMILES string of the molecule is CCCc1nc(-c2ccc(Cl)cc2)nc2cc(C(=O)N[C@H]3C[C@@H](c4ncc[nH]4)C3)ccc12. The van der Waals surface area contributed by atoms with Crippen LogP contribution in [-0.4, -0.2) is 31.9 Å². The highest BCUT2D eigenvalue weighted by molar-refractivity contribution is 6.30. The van der Waals surface area contributed by atoms with Crippen LogP contribution in [0, 0.1) is 0 Å². The quantitative estimate of drug-likeness (QED) is 0.421. The fourth-order valence-electron chi connectivity index (χ4n) is 4.22. The van der Waals surface area contributed by atoms with Crippen LogP contribution < -0.4 is 5.32 Å². The molecule has 2 heterocycles. The Morgan fingerprint density at radius 2 is 1.97 bits per heavy atom. The second kappa shape index (κ2) is 8.71. The highest BCUT2D eigenvalue weighted by Gasteiger charge is 2.33. The van der Waals surface area contributed by atoms with Crippen molar-refractivity contribution in [3.8, 4) is 11.4 Å². The molecule has 7 heteroatoms. The average molecular weight is 446 g/mol. The largest absolute Gasteiger partial charge is 0.349 e. The van der Waals surface area contributed by atoms with Crippen LogP contribution in [-0.2, 0) is 6.42 Å². The zero-order valence-corrected chi connectivity index (χ0v) is 18.6. The van der Waals surface area contributed by atoms with Gasteiger partial charge >= 0.3 is 0 Å². The number of carbonyl (C=O) groups excluding carboxylic acids is 1. The lowest BCUT2D eigenvalue weighted by Gasteiger charge is -2.34. The number of benzene rings is 2. The summed E-state index contributed by atoms with van der Waals surface area (Å²) in [5.74, 6) is 1.96. The van der Waals surface area contributed by atoms with Crippen molar-refractivity contribution in [2.45, 2.75) is 44.6 Å². The molecule has 1 amide bonds. The Morgan fingerprint density at radius 1 is 1.16 bits per heavy atom. The van der Waals surface area contributed by atoms with Crippen LogP contribution in [0.15, 0.2) is 54.9 Å². The van der Waals surface area contributed by atoms with Crippen molar-refractivity contribution >= 4 is 28.4 Å². The molecule has 1 aliphatic carbocycles. The predicted octanol–water partition coefficient (Wildman–Crippen LogP) is 5.30. The Balaban J connectivity index is 1.39. The van der Waals surface area contributed by atoms with Gasteiger partial charge in [0.15, 0.2) is 5.82 Å². The summed E-state index contributed by atoms with van der Waals surface area (Å²) in [5.41, 5.74) is 3.29. The van der Waals surface area contributed by atoms with E-state index in [1.54, 1.807) is 6.20 Å². The van der Waals surface area contributed by atoms with Crippen LogP contribution in [0.25, 0.3) is 22.3 Å². The maximum atomic E-state index is 12.9. The van der Waals surface area contributed by atoms with Crippen molar-refractivity contribution in [2.75, 3.05) is 0 Å². The highest BCUT2D eigenvalue weighted by Crippen LogP contribution is 2.35. The summed E-state index contributed by atoms with van der Waals surface area (Å²) in [7, 11) is 0. The number of imidazole rings is 1. The number of aromatic nitrogens is 4. The number of halogens is 1. The van der Waals surface area contributed by atoms with E-state index in [2.05, 4.69) is 22.2 Å². The first-order valence-corrected chi connectivity index (χ1v) is 11.3. The molecule has 0 radical (unpaired) electrons. The molecule has 1 aliphatic rings. The summed E-state index contributed by atoms with van der Waals surface area (Å²) < 4.78 is 0. The van der Waals surface area contributed by atoms with Crippen molar-refractivity contribution < 1.29 is 4.79 Å². The number of fused-ring (bicyclic) bond motifs is 1. The molecule has 1 saturated carbocycles. The Kier molecular flexibility index (Phi) is 5.62. The van der Waals surface area contributed by atoms with E-state index in [0.29, 0.717) is 22.3 Å². The van der Waals surface area contributed by atoms with Crippen molar-refractivity contribution in [1.29, 1.82) is 0 Å². The third-order valence-electron chi connectivity index (χ3n) is 6.01. The van der Waals surface area contributed by atoms with Crippen LogP contribution in [0.2, 0.25) is 5.02 Å². The molecule has 0 spiro atoms. The van der Waals surface area contributed by atoms with Gasteiger partial charge in [0.1, 0.15) is 5.82 Å². The third-order valence-corrected chi connectivity index (χ3v) is 6.26. The summed E-state index contributed by atoms with van der Waals surface area (Å²) in [6.45, 7) is 2.13. The van der Waals surface area contributed by atoms with Gasteiger partial charge in [-0.25, -0.2) is 15.0 Å². The molecule has 0 unspecified atom stereocenters. The molecule has 32 heavy (non-hydrogen) atoms. The fourth-order valence-corrected chi connectivity index (χ4v) is 4.35. The number of aromatic amines is 1. The number of aryl methyl sites for hydroxylation is 1. The van der Waals surface area contributed by atoms with Crippen LogP contribution in [0.5, 0.6) is 0 Å². The van der Waals surface area contributed by atoms with Gasteiger partial charge in [-0.3, -0.25) is 4.79 Å². The molecular weight excluding hydrogens is 422 g/mol. The van der Waals surface area contributed by atoms with E-state index in [1.807, 2.05) is 48.7 Å². The lowest BCUT2D eigenvalue weighted by molar-refractivity contribution is 0.0907. The van der Waals surface area contributed by atoms with Gasteiger partial charge < -0.3 is 10.3 Å². The summed E-state index contributed by atoms with van der Waals surface area (Å²) in [6.07, 6.45) is 7.23. The first-order valence-electron chi connectivity index (χ1n) is 11.0. The monoisotopic (exact) mass is 445 g/mol. The highest BCUT2D eigenvalue weighted by atomic mass is 35.5. The van der Waals surface area contributed by atoms with E-state index in [0.717, 1.165) is 53.7 Å². The minimum Gasteiger partial charge on any atom is -0.349 e. The molecule has 1 fully saturated rings. The molecule has 0 saturated heterocycles. The van der Waals surface area contributed by atoms with E-state index in [1.165, 1.54) is 0 Å². The number of hydrogen-bond acceptors (Lipinski definition) is 4. The number of hydrogen-bond donors (Lipinski definition) is 2. The van der Waals surface area contributed by atoms with Crippen LogP contribution in [0.1, 0.15) is 54.0 Å². The summed E-state index contributed by atoms with van der Waals surface area (Å²) in [4.78, 5) is 29.9. The number of nitrogens with zero attached hydrogens (tertiary/aromatic N) is 3. The summed E-state index contributed by atoms with van der Waals surface area (Å²) in [6, 6.07) is 13.4. The molecule has 4 aromatic rings. The molecule has 2 aromatic heterocycles. The topological polar surface area (TPSA) is 83.6 Å². The maximum absolute atomic E-state index is 12.9. The molecule has 2 N–H and O–H groups in total. The van der Waals surface area contributed by atoms with E-state index in [-0.39, 0.29) is 11.9 Å². The molecular formula is C25H24ClN5O. The molecule has 0 bridgehead atoms. The number of nitrogens with one attached hydrogen (secondary N) is 2. The van der Waals surface area contributed by atoms with Gasteiger partial charge in [0, 0.05) is 45.9 Å². The van der Waals surface area contributed by atoms with Gasteiger partial charge in [-0.15, -0.1) is 0 Å². The third kappa shape index (κ3) is 4.10. The normalized spacial score (nSPS) is 17.8. The van der Waals surface area contributed by atoms with Crippen LogP contribution in [0.4, 0.5) is 0 Å². The first-order chi connectivity index (χ1) is 15.6. The van der Waals surface area contributed by atoms with Gasteiger partial charge in [-0.2, -0.15) is 0 Å². The standard InChI is InChI=1S/C25H24ClN5O/c1-2-3-21-20-9-6-16(25(32)29-19-12-17(13-19)23-27-10-11-28-23)14-22(20)31-24(30-21)15-4-7-18(26)8-5-15/h4-11,14,17,19H,2-3,12-13H2,1H3,(H,27,28)(H,29,32)/t17-,19+. The molecule has 6 nitrogen and oxygen atoms in total. The number of carbonyl (C=O) groups is 1. The maximum Gasteiger partial charge on any atom is 0.251 e. The number of rotatable bonds is 6. The molecule has 2 aromatic carbocycles. The zero-order valence-electron chi connectivity index (χ0n) is 17.8. The van der Waals surface area contributed by atoms with E-state index in [9.17, 15) is 4.79 Å². The van der Waals surface area contributed by atoms with Gasteiger partial charge in [0.25, 0.3) is 5.91 Å². The van der Waals surface area contributed by atoms with Crippen LogP contribution in [0.3, 0.4) is 0 Å². The van der Waals surface area contributed by atoms with Gasteiger partial charge in [0.05, 0.1) is 11.2 Å². The second-order valence-electron chi connectivity index (χ2n) is 8.30. The fraction of sp³-hybridized carbons (Fsp3) is 0.280. The molecule has 5 rings (SSSR count). The molecule has 162 valence electrons. The van der Waals surface area contributed by atoms with E-state index >= 15 is 0 Å². The lowest BCUT2D eigenvalue weighted by atomic mass is 9.79. The average Bonchev–Trinajstić information content (AvgIpc) is 3.30. The zero-order chi connectivity index (χ0) is 22.1. The van der Waals surface area contributed by atoms with E-state index < -0.39 is 0 Å². The Hall–Kier alpha value is -3.25. The Labute approximate surface area is 191 Å².